The van der Waals surface area contributed by atoms with E-state index in [0.717, 1.165) is 11.1 Å². The van der Waals surface area contributed by atoms with Gasteiger partial charge in [-0.15, -0.1) is 0 Å². The topological polar surface area (TPSA) is 86.7 Å². The zero-order valence-corrected chi connectivity index (χ0v) is 17.7. The minimum atomic E-state index is -1.06. The fourth-order valence-corrected chi connectivity index (χ4v) is 3.96. The van der Waals surface area contributed by atoms with Crippen LogP contribution in [0.1, 0.15) is 37.8 Å². The van der Waals surface area contributed by atoms with Gasteiger partial charge in [0.2, 0.25) is 5.91 Å². The molecule has 0 radical (unpaired) electrons. The van der Waals surface area contributed by atoms with Crippen LogP contribution in [0.2, 0.25) is 0 Å². The van der Waals surface area contributed by atoms with Gasteiger partial charge in [0.25, 0.3) is 5.91 Å². The number of rotatable bonds is 8. The highest BCUT2D eigenvalue weighted by molar-refractivity contribution is 8.26. The summed E-state index contributed by atoms with van der Waals surface area (Å²) in [5.41, 5.74) is 2.04. The maximum absolute atomic E-state index is 12.6. The fraction of sp³-hybridized carbons (Fsp3) is 0.400. The van der Waals surface area contributed by atoms with Gasteiger partial charge >= 0.3 is 5.97 Å². The average molecular weight is 421 g/mol. The predicted octanol–water partition coefficient (Wildman–Crippen LogP) is 3.20. The molecule has 2 rings (SSSR count). The highest BCUT2D eigenvalue weighted by atomic mass is 32.2. The van der Waals surface area contributed by atoms with Crippen LogP contribution in [-0.4, -0.2) is 44.7 Å². The third-order valence-electron chi connectivity index (χ3n) is 4.61. The molecular weight excluding hydrogens is 396 g/mol. The van der Waals surface area contributed by atoms with Crippen molar-refractivity contribution in [2.75, 3.05) is 6.54 Å². The second kappa shape index (κ2) is 9.84. The molecule has 1 fully saturated rings. The number of hydrogen-bond donors (Lipinski definition) is 2. The largest absolute Gasteiger partial charge is 0.480 e. The number of amides is 2. The lowest BCUT2D eigenvalue weighted by molar-refractivity contribution is -0.143. The van der Waals surface area contributed by atoms with Crippen LogP contribution in [-0.2, 0) is 14.4 Å². The average Bonchev–Trinajstić information content (AvgIpc) is 2.92. The van der Waals surface area contributed by atoms with Crippen LogP contribution >= 0.6 is 24.0 Å². The Bertz CT molecular complexity index is 805. The Hall–Kier alpha value is -2.19. The molecule has 2 atom stereocenters. The van der Waals surface area contributed by atoms with Crippen molar-refractivity contribution in [3.8, 4) is 0 Å². The summed E-state index contributed by atoms with van der Waals surface area (Å²) in [5.74, 6) is -1.89. The van der Waals surface area contributed by atoms with Crippen molar-refractivity contribution in [3.63, 3.8) is 0 Å². The van der Waals surface area contributed by atoms with Crippen molar-refractivity contribution in [1.29, 1.82) is 0 Å². The normalized spacial score (nSPS) is 17.7. The van der Waals surface area contributed by atoms with E-state index in [1.807, 2.05) is 38.1 Å². The van der Waals surface area contributed by atoms with Gasteiger partial charge < -0.3 is 10.4 Å². The molecule has 1 aromatic rings. The molecule has 28 heavy (non-hydrogen) atoms. The summed E-state index contributed by atoms with van der Waals surface area (Å²) in [6.07, 6.45) is 2.41. The molecule has 2 N–H and O–H groups in total. The van der Waals surface area contributed by atoms with E-state index in [0.29, 0.717) is 15.6 Å². The number of carboxylic acid groups (broad SMARTS) is 1. The maximum atomic E-state index is 12.6. The smallest absolute Gasteiger partial charge is 0.326 e. The molecule has 0 aliphatic carbocycles. The molecule has 0 unspecified atom stereocenters. The minimum Gasteiger partial charge on any atom is -0.480 e. The van der Waals surface area contributed by atoms with E-state index in [9.17, 15) is 19.5 Å². The third-order valence-corrected chi connectivity index (χ3v) is 5.98. The van der Waals surface area contributed by atoms with Crippen LogP contribution in [0.25, 0.3) is 6.08 Å². The highest BCUT2D eigenvalue weighted by Gasteiger charge is 2.32. The molecule has 2 amide bonds. The van der Waals surface area contributed by atoms with Crippen LogP contribution < -0.4 is 5.32 Å². The molecule has 1 aliphatic rings. The number of aliphatic carboxylic acids is 1. The molecule has 0 saturated carbocycles. The van der Waals surface area contributed by atoms with Gasteiger partial charge in [0.05, 0.1) is 4.91 Å². The number of carbonyl (C=O) groups excluding carboxylic acids is 2. The second-order valence-electron chi connectivity index (χ2n) is 6.76. The number of nitrogens with one attached hydrogen (secondary N) is 1. The van der Waals surface area contributed by atoms with Gasteiger partial charge in [-0.1, -0.05) is 74.1 Å². The summed E-state index contributed by atoms with van der Waals surface area (Å²) >= 11 is 6.48. The van der Waals surface area contributed by atoms with Crippen LogP contribution in [0.15, 0.2) is 29.2 Å². The Kier molecular flexibility index (Phi) is 7.77. The number of nitrogens with zero attached hydrogens (tertiary/aromatic N) is 1. The van der Waals surface area contributed by atoms with E-state index < -0.39 is 17.9 Å². The summed E-state index contributed by atoms with van der Waals surface area (Å²) < 4.78 is 0.396. The van der Waals surface area contributed by atoms with Crippen LogP contribution in [0.4, 0.5) is 0 Å². The van der Waals surface area contributed by atoms with Crippen LogP contribution in [0.3, 0.4) is 0 Å². The first-order valence-corrected chi connectivity index (χ1v) is 10.3. The quantitative estimate of drug-likeness (QED) is 0.496. The van der Waals surface area contributed by atoms with Crippen molar-refractivity contribution in [3.05, 3.63) is 40.3 Å². The molecule has 1 aliphatic heterocycles. The standard InChI is InChI=1S/C20H24N2O4S2/c1-4-13(3)17(19(25)26)21-16(23)9-10-22-18(24)15(28-20(22)27)11-14-7-5-12(2)6-8-14/h5-8,11,13,17H,4,9-10H2,1-3H3,(H,21,23)(H,25,26)/b15-11+/t13-,17+/m0/s1. The maximum Gasteiger partial charge on any atom is 0.326 e. The Labute approximate surface area is 174 Å². The molecule has 0 aromatic heterocycles. The van der Waals surface area contributed by atoms with Gasteiger partial charge in [0.15, 0.2) is 0 Å². The summed E-state index contributed by atoms with van der Waals surface area (Å²) in [6.45, 7) is 5.75. The molecule has 8 heteroatoms. The van der Waals surface area contributed by atoms with Gasteiger partial charge in [0, 0.05) is 13.0 Å². The Morgan fingerprint density at radius 1 is 1.32 bits per heavy atom. The van der Waals surface area contributed by atoms with Gasteiger partial charge in [-0.2, -0.15) is 0 Å². The summed E-state index contributed by atoms with van der Waals surface area (Å²) in [5, 5.41) is 11.8. The third kappa shape index (κ3) is 5.65. The van der Waals surface area contributed by atoms with Crippen LogP contribution in [0.5, 0.6) is 0 Å². The summed E-state index contributed by atoms with van der Waals surface area (Å²) in [4.78, 5) is 38.0. The molecular formula is C20H24N2O4S2. The number of aryl methyl sites for hydroxylation is 1. The van der Waals surface area contributed by atoms with Crippen molar-refractivity contribution < 1.29 is 19.5 Å². The number of thioether (sulfide) groups is 1. The van der Waals surface area contributed by atoms with E-state index in [4.69, 9.17) is 12.2 Å². The molecule has 1 heterocycles. The number of benzene rings is 1. The van der Waals surface area contributed by atoms with E-state index in [1.54, 1.807) is 13.0 Å². The first-order valence-electron chi connectivity index (χ1n) is 9.07. The lowest BCUT2D eigenvalue weighted by Crippen LogP contribution is -2.46. The number of carbonyl (C=O) groups is 3. The molecule has 1 aromatic carbocycles. The monoisotopic (exact) mass is 420 g/mol. The van der Waals surface area contributed by atoms with Crippen molar-refractivity contribution in [2.45, 2.75) is 39.7 Å². The lowest BCUT2D eigenvalue weighted by atomic mass is 9.99. The van der Waals surface area contributed by atoms with Gasteiger partial charge in [0.1, 0.15) is 10.4 Å². The highest BCUT2D eigenvalue weighted by Crippen LogP contribution is 2.32. The van der Waals surface area contributed by atoms with E-state index in [2.05, 4.69) is 5.32 Å². The van der Waals surface area contributed by atoms with E-state index in [-0.39, 0.29) is 24.8 Å². The lowest BCUT2D eigenvalue weighted by Gasteiger charge is -2.21. The minimum absolute atomic E-state index is 0.00946. The van der Waals surface area contributed by atoms with Gasteiger partial charge in [-0.05, 0) is 24.5 Å². The predicted molar refractivity (Wildman–Crippen MR) is 115 cm³/mol. The first kappa shape index (κ1) is 22.1. The van der Waals surface area contributed by atoms with Crippen molar-refractivity contribution in [1.82, 2.24) is 10.2 Å². The van der Waals surface area contributed by atoms with E-state index >= 15 is 0 Å². The zero-order valence-electron chi connectivity index (χ0n) is 16.1. The SMILES string of the molecule is CC[C@H](C)[C@@H](NC(=O)CCN1C(=O)/C(=C\c2ccc(C)cc2)SC1=S)C(=O)O. The van der Waals surface area contributed by atoms with Crippen molar-refractivity contribution in [2.24, 2.45) is 5.92 Å². The molecule has 0 bridgehead atoms. The number of thiocarbonyl (C=S) groups is 1. The number of hydrogen-bond acceptors (Lipinski definition) is 5. The zero-order chi connectivity index (χ0) is 20.8. The van der Waals surface area contributed by atoms with Gasteiger partial charge in [-0.3, -0.25) is 14.5 Å². The molecule has 1 saturated heterocycles. The molecule has 0 spiro atoms. The second-order valence-corrected chi connectivity index (χ2v) is 8.44. The van der Waals surface area contributed by atoms with Gasteiger partial charge in [-0.25, -0.2) is 4.79 Å². The van der Waals surface area contributed by atoms with E-state index in [1.165, 1.54) is 16.7 Å². The summed E-state index contributed by atoms with van der Waals surface area (Å²) in [6, 6.07) is 6.84. The fourth-order valence-electron chi connectivity index (χ4n) is 2.65. The Morgan fingerprint density at radius 2 is 1.96 bits per heavy atom. The number of carboxylic acids is 1. The first-order chi connectivity index (χ1) is 13.2. The Balaban J connectivity index is 1.98. The summed E-state index contributed by atoms with van der Waals surface area (Å²) in [7, 11) is 0. The van der Waals surface area contributed by atoms with Crippen molar-refractivity contribution >= 4 is 52.2 Å². The Morgan fingerprint density at radius 3 is 2.54 bits per heavy atom. The van der Waals surface area contributed by atoms with Crippen LogP contribution in [0, 0.1) is 12.8 Å². The molecule has 6 nitrogen and oxygen atoms in total. The molecule has 150 valence electrons.